The van der Waals surface area contributed by atoms with Gasteiger partial charge in [-0.3, -0.25) is 0 Å². The van der Waals surface area contributed by atoms with Crippen molar-refractivity contribution in [3.8, 4) is 6.07 Å². The molecule has 0 unspecified atom stereocenters. The van der Waals surface area contributed by atoms with E-state index in [1.165, 1.54) is 0 Å². The minimum atomic E-state index is -0.406. The van der Waals surface area contributed by atoms with Crippen LogP contribution in [-0.2, 0) is 0 Å². The van der Waals surface area contributed by atoms with Crippen LogP contribution in [0.2, 0.25) is 0 Å². The number of nitriles is 1. The number of anilines is 1. The van der Waals surface area contributed by atoms with E-state index in [0.717, 1.165) is 13.0 Å². The van der Waals surface area contributed by atoms with Crippen LogP contribution >= 0.6 is 15.9 Å². The third kappa shape index (κ3) is 4.48. The molecule has 1 N–H and O–H groups in total. The van der Waals surface area contributed by atoms with Crippen LogP contribution in [-0.4, -0.2) is 31.1 Å². The summed E-state index contributed by atoms with van der Waals surface area (Å²) in [5, 5.41) is 11.8. The van der Waals surface area contributed by atoms with Crippen LogP contribution in [0.3, 0.4) is 0 Å². The molecule has 0 saturated heterocycles. The van der Waals surface area contributed by atoms with Gasteiger partial charge in [0.05, 0.1) is 15.7 Å². The van der Waals surface area contributed by atoms with E-state index in [4.69, 9.17) is 5.26 Å². The van der Waals surface area contributed by atoms with Crippen molar-refractivity contribution in [1.29, 1.82) is 5.26 Å². The molecular weight excluding hydrogens is 309 g/mol. The number of hydrogen-bond acceptors (Lipinski definition) is 3. The van der Waals surface area contributed by atoms with Crippen molar-refractivity contribution >= 4 is 21.6 Å². The van der Waals surface area contributed by atoms with E-state index in [2.05, 4.69) is 47.0 Å². The number of rotatable bonds is 6. The topological polar surface area (TPSA) is 39.1 Å². The summed E-state index contributed by atoms with van der Waals surface area (Å²) in [5.74, 6) is -0.406. The Bertz CT molecular complexity index is 468. The van der Waals surface area contributed by atoms with Gasteiger partial charge in [-0.2, -0.15) is 5.26 Å². The lowest BCUT2D eigenvalue weighted by atomic mass is 10.2. The number of benzene rings is 1. The lowest BCUT2D eigenvalue weighted by molar-refractivity contribution is 0.273. The zero-order valence-electron chi connectivity index (χ0n) is 11.5. The van der Waals surface area contributed by atoms with E-state index in [-0.39, 0.29) is 4.47 Å². The average molecular weight is 328 g/mol. The third-order valence-corrected chi connectivity index (χ3v) is 3.86. The zero-order chi connectivity index (χ0) is 14.4. The van der Waals surface area contributed by atoms with Gasteiger partial charge in [0.1, 0.15) is 6.07 Å². The standard InChI is InChI=1S/C14H19BrFN3/c1-10(2)19(3)8-4-7-18-12-6-5-11(9-17)13(15)14(12)16/h5-6,10,18H,4,7-8H2,1-3H3. The molecule has 0 heterocycles. The first kappa shape index (κ1) is 15.9. The van der Waals surface area contributed by atoms with Crippen molar-refractivity contribution in [3.63, 3.8) is 0 Å². The molecule has 3 nitrogen and oxygen atoms in total. The maximum atomic E-state index is 13.9. The fraction of sp³-hybridized carbons (Fsp3) is 0.500. The average Bonchev–Trinajstić information content (AvgIpc) is 2.39. The van der Waals surface area contributed by atoms with Crippen molar-refractivity contribution in [2.24, 2.45) is 0 Å². The summed E-state index contributed by atoms with van der Waals surface area (Å²) < 4.78 is 14.1. The molecule has 104 valence electrons. The fourth-order valence-electron chi connectivity index (χ4n) is 1.58. The van der Waals surface area contributed by atoms with E-state index >= 15 is 0 Å². The molecule has 0 bridgehead atoms. The van der Waals surface area contributed by atoms with Gasteiger partial charge in [0, 0.05) is 12.6 Å². The Balaban J connectivity index is 2.51. The summed E-state index contributed by atoms with van der Waals surface area (Å²) in [4.78, 5) is 2.24. The molecule has 0 aliphatic carbocycles. The summed E-state index contributed by atoms with van der Waals surface area (Å²) in [5.41, 5.74) is 0.737. The number of nitrogens with zero attached hydrogens (tertiary/aromatic N) is 2. The normalized spacial score (nSPS) is 10.8. The van der Waals surface area contributed by atoms with Gasteiger partial charge < -0.3 is 10.2 Å². The fourth-order valence-corrected chi connectivity index (χ4v) is 2.02. The molecule has 1 rings (SSSR count). The highest BCUT2D eigenvalue weighted by atomic mass is 79.9. The second-order valence-corrected chi connectivity index (χ2v) is 5.55. The minimum absolute atomic E-state index is 0.222. The van der Waals surface area contributed by atoms with Crippen molar-refractivity contribution < 1.29 is 4.39 Å². The molecule has 0 saturated carbocycles. The van der Waals surface area contributed by atoms with E-state index in [1.807, 2.05) is 6.07 Å². The second kappa shape index (κ2) is 7.46. The summed E-state index contributed by atoms with van der Waals surface area (Å²) in [6.45, 7) is 5.95. The molecule has 0 amide bonds. The van der Waals surface area contributed by atoms with Crippen LogP contribution in [0.1, 0.15) is 25.8 Å². The second-order valence-electron chi connectivity index (χ2n) is 4.76. The third-order valence-electron chi connectivity index (χ3n) is 3.09. The zero-order valence-corrected chi connectivity index (χ0v) is 13.1. The molecule has 1 aromatic rings. The van der Waals surface area contributed by atoms with Crippen LogP contribution < -0.4 is 5.32 Å². The lowest BCUT2D eigenvalue weighted by Gasteiger charge is -2.21. The predicted molar refractivity (Wildman–Crippen MR) is 79.7 cm³/mol. The van der Waals surface area contributed by atoms with E-state index in [0.29, 0.717) is 23.8 Å². The first-order valence-corrected chi connectivity index (χ1v) is 7.09. The highest BCUT2D eigenvalue weighted by molar-refractivity contribution is 9.10. The molecule has 0 fully saturated rings. The smallest absolute Gasteiger partial charge is 0.161 e. The molecule has 1 aromatic carbocycles. The molecular formula is C14H19BrFN3. The van der Waals surface area contributed by atoms with E-state index in [1.54, 1.807) is 12.1 Å². The van der Waals surface area contributed by atoms with E-state index in [9.17, 15) is 4.39 Å². The van der Waals surface area contributed by atoms with Crippen LogP contribution in [0, 0.1) is 17.1 Å². The van der Waals surface area contributed by atoms with Crippen LogP contribution in [0.15, 0.2) is 16.6 Å². The Morgan fingerprint density at radius 3 is 2.74 bits per heavy atom. The number of nitrogens with one attached hydrogen (secondary N) is 1. The number of hydrogen-bond donors (Lipinski definition) is 1. The van der Waals surface area contributed by atoms with Crippen molar-refractivity contribution in [1.82, 2.24) is 4.90 Å². The van der Waals surface area contributed by atoms with Gasteiger partial charge in [-0.05, 0) is 61.9 Å². The van der Waals surface area contributed by atoms with Crippen molar-refractivity contribution in [3.05, 3.63) is 28.0 Å². The van der Waals surface area contributed by atoms with Crippen LogP contribution in [0.25, 0.3) is 0 Å². The van der Waals surface area contributed by atoms with Gasteiger partial charge in [0.25, 0.3) is 0 Å². The maximum Gasteiger partial charge on any atom is 0.161 e. The summed E-state index contributed by atoms with van der Waals surface area (Å²) >= 11 is 3.10. The molecule has 0 aliphatic rings. The summed E-state index contributed by atoms with van der Waals surface area (Å²) in [6, 6.07) is 5.66. The molecule has 19 heavy (non-hydrogen) atoms. The lowest BCUT2D eigenvalue weighted by Crippen LogP contribution is -2.28. The largest absolute Gasteiger partial charge is 0.383 e. The highest BCUT2D eigenvalue weighted by Gasteiger charge is 2.10. The molecule has 0 aromatic heterocycles. The van der Waals surface area contributed by atoms with Gasteiger partial charge in [0.15, 0.2) is 5.82 Å². The van der Waals surface area contributed by atoms with Gasteiger partial charge in [-0.25, -0.2) is 4.39 Å². The van der Waals surface area contributed by atoms with Crippen molar-refractivity contribution in [2.75, 3.05) is 25.5 Å². The van der Waals surface area contributed by atoms with Gasteiger partial charge in [0.2, 0.25) is 0 Å². The predicted octanol–water partition coefficient (Wildman–Crippen LogP) is 3.60. The molecule has 0 atom stereocenters. The first-order valence-electron chi connectivity index (χ1n) is 6.29. The number of halogens is 2. The van der Waals surface area contributed by atoms with Gasteiger partial charge >= 0.3 is 0 Å². The Hall–Kier alpha value is -1.12. The Kier molecular flexibility index (Phi) is 6.26. The van der Waals surface area contributed by atoms with Gasteiger partial charge in [-0.1, -0.05) is 0 Å². The van der Waals surface area contributed by atoms with Crippen LogP contribution in [0.4, 0.5) is 10.1 Å². The van der Waals surface area contributed by atoms with E-state index < -0.39 is 5.82 Å². The van der Waals surface area contributed by atoms with Crippen molar-refractivity contribution in [2.45, 2.75) is 26.3 Å². The highest BCUT2D eigenvalue weighted by Crippen LogP contribution is 2.26. The maximum absolute atomic E-state index is 13.9. The van der Waals surface area contributed by atoms with Crippen LogP contribution in [0.5, 0.6) is 0 Å². The molecule has 5 heteroatoms. The Morgan fingerprint density at radius 1 is 1.47 bits per heavy atom. The Morgan fingerprint density at radius 2 is 2.16 bits per heavy atom. The Labute approximate surface area is 122 Å². The monoisotopic (exact) mass is 327 g/mol. The quantitative estimate of drug-likeness (QED) is 0.811. The summed E-state index contributed by atoms with van der Waals surface area (Å²) in [6.07, 6.45) is 0.936. The van der Waals surface area contributed by atoms with Gasteiger partial charge in [-0.15, -0.1) is 0 Å². The molecule has 0 radical (unpaired) electrons. The molecule has 0 spiro atoms. The SMILES string of the molecule is CC(C)N(C)CCCNc1ccc(C#N)c(Br)c1F. The first-order chi connectivity index (χ1) is 8.97. The molecule has 0 aliphatic heterocycles. The minimum Gasteiger partial charge on any atom is -0.383 e. The summed E-state index contributed by atoms with van der Waals surface area (Å²) in [7, 11) is 2.07.